The maximum Gasteiger partial charge on any atom is 0.330 e. The number of nitrogens with one attached hydrogen (secondary N) is 1. The van der Waals surface area contributed by atoms with Crippen LogP contribution in [0.1, 0.15) is 45.1 Å². The van der Waals surface area contributed by atoms with Crippen LogP contribution in [0.2, 0.25) is 0 Å². The molecule has 7 heteroatoms. The van der Waals surface area contributed by atoms with E-state index in [2.05, 4.69) is 12.2 Å². The van der Waals surface area contributed by atoms with Crippen molar-refractivity contribution in [1.29, 1.82) is 0 Å². The highest BCUT2D eigenvalue weighted by Gasteiger charge is 2.53. The fourth-order valence-corrected chi connectivity index (χ4v) is 4.98. The average molecular weight is 391 g/mol. The summed E-state index contributed by atoms with van der Waals surface area (Å²) in [5, 5.41) is 2.73. The van der Waals surface area contributed by atoms with E-state index in [1.54, 1.807) is 16.7 Å². The van der Waals surface area contributed by atoms with Gasteiger partial charge in [-0.2, -0.15) is 0 Å². The van der Waals surface area contributed by atoms with Crippen LogP contribution in [0.5, 0.6) is 0 Å². The van der Waals surface area contributed by atoms with E-state index in [0.29, 0.717) is 17.9 Å². The summed E-state index contributed by atoms with van der Waals surface area (Å²) in [6.07, 6.45) is 4.51. The van der Waals surface area contributed by atoms with Gasteiger partial charge >= 0.3 is 5.97 Å². The van der Waals surface area contributed by atoms with Crippen molar-refractivity contribution in [3.8, 4) is 0 Å². The van der Waals surface area contributed by atoms with Gasteiger partial charge in [-0.25, -0.2) is 4.79 Å². The predicted molar refractivity (Wildman–Crippen MR) is 105 cm³/mol. The Kier molecular flexibility index (Phi) is 6.09. The standard InChI is InChI=1S/C20H26N2O4S/c1-3-4-5-14-6-8-15(9-7-14)21-17(23)12-26-19(25)16-13-27-20(2)11-10-18(24)22(16)20/h6-9,16H,3-5,10-13H2,1-2H3,(H,21,23)/t16-,20+/m1/s1. The molecule has 1 aromatic carbocycles. The molecule has 3 rings (SSSR count). The summed E-state index contributed by atoms with van der Waals surface area (Å²) >= 11 is 1.60. The Labute approximate surface area is 164 Å². The molecule has 146 valence electrons. The van der Waals surface area contributed by atoms with Gasteiger partial charge in [-0.3, -0.25) is 9.59 Å². The van der Waals surface area contributed by atoms with Gasteiger partial charge in [0.25, 0.3) is 5.91 Å². The van der Waals surface area contributed by atoms with Crippen molar-refractivity contribution in [2.75, 3.05) is 17.7 Å². The number of fused-ring (bicyclic) bond motifs is 1. The van der Waals surface area contributed by atoms with Crippen LogP contribution in [0.15, 0.2) is 24.3 Å². The number of esters is 1. The molecule has 0 bridgehead atoms. The number of benzene rings is 1. The Hall–Kier alpha value is -2.02. The SMILES string of the molecule is CCCCc1ccc(NC(=O)COC(=O)[C@H]2CS[C@@]3(C)CCC(=O)N23)cc1. The first-order chi connectivity index (χ1) is 12.9. The van der Waals surface area contributed by atoms with E-state index in [1.807, 2.05) is 31.2 Å². The van der Waals surface area contributed by atoms with Gasteiger partial charge in [0.2, 0.25) is 5.91 Å². The van der Waals surface area contributed by atoms with Gasteiger partial charge in [0.1, 0.15) is 6.04 Å². The zero-order valence-electron chi connectivity index (χ0n) is 15.8. The molecular weight excluding hydrogens is 364 g/mol. The number of anilines is 1. The lowest BCUT2D eigenvalue weighted by Gasteiger charge is -2.29. The van der Waals surface area contributed by atoms with Crippen molar-refractivity contribution in [2.24, 2.45) is 0 Å². The van der Waals surface area contributed by atoms with E-state index in [-0.39, 0.29) is 23.3 Å². The Morgan fingerprint density at radius 2 is 2.07 bits per heavy atom. The molecule has 0 spiro atoms. The number of carbonyl (C=O) groups is 3. The normalized spacial score (nSPS) is 24.0. The molecule has 2 fully saturated rings. The molecule has 1 aromatic rings. The van der Waals surface area contributed by atoms with Crippen molar-refractivity contribution >= 4 is 35.2 Å². The number of carbonyl (C=O) groups excluding carboxylic acids is 3. The first-order valence-electron chi connectivity index (χ1n) is 9.44. The monoisotopic (exact) mass is 390 g/mol. The van der Waals surface area contributed by atoms with E-state index >= 15 is 0 Å². The molecule has 2 aliphatic heterocycles. The number of amides is 2. The molecule has 0 unspecified atom stereocenters. The number of unbranched alkanes of at least 4 members (excludes halogenated alkanes) is 1. The van der Waals surface area contributed by atoms with Crippen LogP contribution in [0.3, 0.4) is 0 Å². The zero-order valence-corrected chi connectivity index (χ0v) is 16.6. The molecule has 2 heterocycles. The summed E-state index contributed by atoms with van der Waals surface area (Å²) in [6, 6.07) is 7.10. The largest absolute Gasteiger partial charge is 0.454 e. The quantitative estimate of drug-likeness (QED) is 0.725. The van der Waals surface area contributed by atoms with Gasteiger partial charge in [0.15, 0.2) is 6.61 Å². The van der Waals surface area contributed by atoms with Crippen LogP contribution < -0.4 is 5.32 Å². The summed E-state index contributed by atoms with van der Waals surface area (Å²) in [5.41, 5.74) is 1.91. The zero-order chi connectivity index (χ0) is 19.4. The van der Waals surface area contributed by atoms with Gasteiger partial charge in [-0.1, -0.05) is 25.5 Å². The third kappa shape index (κ3) is 4.46. The molecule has 2 atom stereocenters. The molecule has 2 saturated heterocycles. The second-order valence-corrected chi connectivity index (χ2v) is 8.72. The smallest absolute Gasteiger partial charge is 0.330 e. The van der Waals surface area contributed by atoms with Gasteiger partial charge in [0, 0.05) is 17.9 Å². The second kappa shape index (κ2) is 8.33. The number of nitrogens with zero attached hydrogens (tertiary/aromatic N) is 1. The summed E-state index contributed by atoms with van der Waals surface area (Å²) in [7, 11) is 0. The summed E-state index contributed by atoms with van der Waals surface area (Å²) in [4.78, 5) is 37.8. The highest BCUT2D eigenvalue weighted by molar-refractivity contribution is 8.01. The molecule has 27 heavy (non-hydrogen) atoms. The molecule has 0 saturated carbocycles. The Bertz CT molecular complexity index is 721. The molecular formula is C20H26N2O4S. The molecule has 1 N–H and O–H groups in total. The molecule has 2 aliphatic rings. The lowest BCUT2D eigenvalue weighted by atomic mass is 10.1. The van der Waals surface area contributed by atoms with Gasteiger partial charge in [0.05, 0.1) is 4.87 Å². The van der Waals surface area contributed by atoms with Crippen LogP contribution >= 0.6 is 11.8 Å². The average Bonchev–Trinajstić information content (AvgIpc) is 3.15. The van der Waals surface area contributed by atoms with Crippen LogP contribution in [0, 0.1) is 0 Å². The lowest BCUT2D eigenvalue weighted by molar-refractivity contribution is -0.155. The summed E-state index contributed by atoms with van der Waals surface area (Å²) in [5.74, 6) is -0.392. The fraction of sp³-hybridized carbons (Fsp3) is 0.550. The van der Waals surface area contributed by atoms with Crippen LogP contribution in [-0.4, -0.2) is 46.0 Å². The number of hydrogen-bond donors (Lipinski definition) is 1. The van der Waals surface area contributed by atoms with Crippen molar-refractivity contribution in [3.05, 3.63) is 29.8 Å². The van der Waals surface area contributed by atoms with E-state index in [4.69, 9.17) is 4.74 Å². The third-order valence-electron chi connectivity index (χ3n) is 5.12. The number of aryl methyl sites for hydroxylation is 1. The molecule has 0 radical (unpaired) electrons. The van der Waals surface area contributed by atoms with Gasteiger partial charge < -0.3 is 15.0 Å². The number of ether oxygens (including phenoxy) is 1. The second-order valence-electron chi connectivity index (χ2n) is 7.22. The number of thioether (sulfide) groups is 1. The minimum absolute atomic E-state index is 0.0166. The Balaban J connectivity index is 1.48. The predicted octanol–water partition coefficient (Wildman–Crippen LogP) is 2.96. The minimum Gasteiger partial charge on any atom is -0.454 e. The Morgan fingerprint density at radius 3 is 2.78 bits per heavy atom. The van der Waals surface area contributed by atoms with E-state index in [9.17, 15) is 14.4 Å². The van der Waals surface area contributed by atoms with Gasteiger partial charge in [-0.05, 0) is 43.9 Å². The van der Waals surface area contributed by atoms with Crippen LogP contribution in [0.4, 0.5) is 5.69 Å². The highest BCUT2D eigenvalue weighted by Crippen LogP contribution is 2.47. The highest BCUT2D eigenvalue weighted by atomic mass is 32.2. The van der Waals surface area contributed by atoms with Crippen LogP contribution in [-0.2, 0) is 25.5 Å². The van der Waals surface area contributed by atoms with Crippen molar-refractivity contribution in [3.63, 3.8) is 0 Å². The first-order valence-corrected chi connectivity index (χ1v) is 10.4. The number of hydrogen-bond acceptors (Lipinski definition) is 5. The topological polar surface area (TPSA) is 75.7 Å². The summed E-state index contributed by atoms with van der Waals surface area (Å²) < 4.78 is 5.18. The molecule has 0 aliphatic carbocycles. The van der Waals surface area contributed by atoms with Gasteiger partial charge in [-0.15, -0.1) is 11.8 Å². The van der Waals surface area contributed by atoms with E-state index in [1.165, 1.54) is 5.56 Å². The van der Waals surface area contributed by atoms with Crippen LogP contribution in [0.25, 0.3) is 0 Å². The minimum atomic E-state index is -0.597. The fourth-order valence-electron chi connectivity index (χ4n) is 3.56. The van der Waals surface area contributed by atoms with Crippen molar-refractivity contribution in [1.82, 2.24) is 4.90 Å². The van der Waals surface area contributed by atoms with E-state index in [0.717, 1.165) is 25.7 Å². The third-order valence-corrected chi connectivity index (χ3v) is 6.62. The summed E-state index contributed by atoms with van der Waals surface area (Å²) in [6.45, 7) is 3.78. The van der Waals surface area contributed by atoms with Crippen molar-refractivity contribution < 1.29 is 19.1 Å². The molecule has 2 amide bonds. The first kappa shape index (κ1) is 19.7. The molecule has 6 nitrogen and oxygen atoms in total. The number of rotatable bonds is 7. The maximum absolute atomic E-state index is 12.4. The van der Waals surface area contributed by atoms with Crippen molar-refractivity contribution in [2.45, 2.75) is 56.9 Å². The molecule has 0 aromatic heterocycles. The van der Waals surface area contributed by atoms with E-state index < -0.39 is 12.0 Å². The maximum atomic E-state index is 12.4. The Morgan fingerprint density at radius 1 is 1.33 bits per heavy atom. The lowest BCUT2D eigenvalue weighted by Crippen LogP contribution is -2.47.